The molecule has 1 aliphatic rings. The molecule has 2 rings (SSSR count). The first-order valence-corrected chi connectivity index (χ1v) is 5.87. The molecule has 88 valence electrons. The Balaban J connectivity index is 2.02. The van der Waals surface area contributed by atoms with Crippen LogP contribution in [0.3, 0.4) is 0 Å². The van der Waals surface area contributed by atoms with Crippen LogP contribution in [-0.2, 0) is 0 Å². The van der Waals surface area contributed by atoms with Crippen LogP contribution in [0, 0.1) is 11.7 Å². The van der Waals surface area contributed by atoms with E-state index in [1.54, 1.807) is 12.1 Å². The maximum absolute atomic E-state index is 13.0. The van der Waals surface area contributed by atoms with Gasteiger partial charge in [-0.3, -0.25) is 0 Å². The van der Waals surface area contributed by atoms with Crippen LogP contribution in [0.5, 0.6) is 0 Å². The molecule has 0 radical (unpaired) electrons. The van der Waals surface area contributed by atoms with Gasteiger partial charge in [0.2, 0.25) is 0 Å². The van der Waals surface area contributed by atoms with Gasteiger partial charge in [-0.25, -0.2) is 4.39 Å². The molecule has 1 aromatic rings. The number of benzene rings is 1. The highest BCUT2D eigenvalue weighted by molar-refractivity contribution is 6.30. The third kappa shape index (κ3) is 2.94. The van der Waals surface area contributed by atoms with Gasteiger partial charge in [0.25, 0.3) is 0 Å². The van der Waals surface area contributed by atoms with Crippen LogP contribution in [0.2, 0.25) is 5.02 Å². The van der Waals surface area contributed by atoms with Crippen molar-refractivity contribution >= 4 is 11.6 Å². The molecule has 1 aromatic carbocycles. The number of aliphatic hydroxyl groups is 1. The van der Waals surface area contributed by atoms with E-state index in [1.807, 2.05) is 0 Å². The van der Waals surface area contributed by atoms with E-state index >= 15 is 0 Å². The van der Waals surface area contributed by atoms with Gasteiger partial charge in [-0.1, -0.05) is 17.7 Å². The number of nitrogens with one attached hydrogen (secondary N) is 1. The Kier molecular flexibility index (Phi) is 3.79. The van der Waals surface area contributed by atoms with E-state index in [9.17, 15) is 9.50 Å². The molecule has 0 spiro atoms. The zero-order valence-corrected chi connectivity index (χ0v) is 9.67. The van der Waals surface area contributed by atoms with Crippen LogP contribution < -0.4 is 5.32 Å². The fraction of sp³-hybridized carbons (Fsp3) is 0.500. The summed E-state index contributed by atoms with van der Waals surface area (Å²) in [5.74, 6) is 0.314. The summed E-state index contributed by atoms with van der Waals surface area (Å²) in [5.41, 5.74) is 0.828. The van der Waals surface area contributed by atoms with Crippen molar-refractivity contribution in [2.75, 3.05) is 13.2 Å². The third-order valence-corrected chi connectivity index (χ3v) is 3.17. The number of aliphatic hydroxyl groups excluding tert-OH is 1. The van der Waals surface area contributed by atoms with E-state index in [-0.39, 0.29) is 17.7 Å². The highest BCUT2D eigenvalue weighted by Gasteiger charge is 2.22. The molecule has 0 saturated heterocycles. The highest BCUT2D eigenvalue weighted by Crippen LogP contribution is 2.29. The summed E-state index contributed by atoms with van der Waals surface area (Å²) in [5, 5.41) is 12.6. The minimum absolute atomic E-state index is 0.00528. The van der Waals surface area contributed by atoms with Gasteiger partial charge in [0.1, 0.15) is 5.82 Å². The van der Waals surface area contributed by atoms with E-state index in [0.717, 1.165) is 18.0 Å². The molecule has 0 amide bonds. The molecule has 2 N–H and O–H groups in total. The molecule has 4 heteroatoms. The van der Waals surface area contributed by atoms with Crippen LogP contribution in [0.1, 0.15) is 24.4 Å². The molecular formula is C12H15ClFNO. The Morgan fingerprint density at radius 3 is 2.81 bits per heavy atom. The number of hydrogen-bond acceptors (Lipinski definition) is 2. The van der Waals surface area contributed by atoms with Gasteiger partial charge in [0.05, 0.1) is 17.7 Å². The average Bonchev–Trinajstić information content (AvgIpc) is 3.08. The molecule has 1 aliphatic carbocycles. The first-order chi connectivity index (χ1) is 7.70. The van der Waals surface area contributed by atoms with Crippen molar-refractivity contribution in [1.29, 1.82) is 0 Å². The topological polar surface area (TPSA) is 32.3 Å². The first-order valence-electron chi connectivity index (χ1n) is 5.50. The lowest BCUT2D eigenvalue weighted by Crippen LogP contribution is -2.26. The van der Waals surface area contributed by atoms with Crippen molar-refractivity contribution in [3.8, 4) is 0 Å². The molecule has 0 bridgehead atoms. The predicted octanol–water partition coefficient (Wildman–Crippen LogP) is 2.51. The van der Waals surface area contributed by atoms with Gasteiger partial charge in [-0.05, 0) is 43.0 Å². The second-order valence-electron chi connectivity index (χ2n) is 4.26. The molecule has 0 aromatic heterocycles. The zero-order valence-electron chi connectivity index (χ0n) is 8.92. The maximum Gasteiger partial charge on any atom is 0.141 e. The van der Waals surface area contributed by atoms with E-state index in [1.165, 1.54) is 18.9 Å². The Morgan fingerprint density at radius 2 is 2.25 bits per heavy atom. The number of rotatable bonds is 5. The molecule has 16 heavy (non-hydrogen) atoms. The summed E-state index contributed by atoms with van der Waals surface area (Å²) >= 11 is 5.71. The Hall–Kier alpha value is -0.640. The van der Waals surface area contributed by atoms with Gasteiger partial charge < -0.3 is 10.4 Å². The van der Waals surface area contributed by atoms with E-state index < -0.39 is 5.82 Å². The quantitative estimate of drug-likeness (QED) is 0.833. The normalized spacial score (nSPS) is 17.4. The fourth-order valence-corrected chi connectivity index (χ4v) is 1.84. The highest BCUT2D eigenvalue weighted by atomic mass is 35.5. The number of halogens is 2. The Morgan fingerprint density at radius 1 is 1.50 bits per heavy atom. The van der Waals surface area contributed by atoms with Crippen molar-refractivity contribution in [1.82, 2.24) is 5.32 Å². The monoisotopic (exact) mass is 243 g/mol. The van der Waals surface area contributed by atoms with Crippen LogP contribution in [-0.4, -0.2) is 18.3 Å². The summed E-state index contributed by atoms with van der Waals surface area (Å²) in [6, 6.07) is 4.40. The summed E-state index contributed by atoms with van der Waals surface area (Å²) in [7, 11) is 0. The molecule has 2 nitrogen and oxygen atoms in total. The van der Waals surface area contributed by atoms with Gasteiger partial charge >= 0.3 is 0 Å². The summed E-state index contributed by atoms with van der Waals surface area (Å²) < 4.78 is 13.0. The van der Waals surface area contributed by atoms with Gasteiger partial charge in [-0.15, -0.1) is 0 Å². The maximum atomic E-state index is 13.0. The van der Waals surface area contributed by atoms with Crippen LogP contribution >= 0.6 is 11.6 Å². The first kappa shape index (κ1) is 11.8. The number of hydrogen-bond donors (Lipinski definition) is 2. The molecule has 1 fully saturated rings. The molecular weight excluding hydrogens is 229 g/mol. The Bertz CT molecular complexity index is 368. The summed E-state index contributed by atoms with van der Waals surface area (Å²) in [6.07, 6.45) is 2.52. The molecule has 1 unspecified atom stereocenters. The smallest absolute Gasteiger partial charge is 0.141 e. The zero-order chi connectivity index (χ0) is 11.5. The second-order valence-corrected chi connectivity index (χ2v) is 4.67. The Labute approximate surface area is 99.4 Å². The SMILES string of the molecule is OCC(NCC1CC1)c1ccc(F)c(Cl)c1. The standard InChI is InChI=1S/C12H15ClFNO/c13-10-5-9(3-4-11(10)14)12(7-16)15-6-8-1-2-8/h3-5,8,12,15-16H,1-2,6-7H2. The average molecular weight is 244 g/mol. The molecule has 1 saturated carbocycles. The third-order valence-electron chi connectivity index (χ3n) is 2.88. The summed E-state index contributed by atoms with van der Waals surface area (Å²) in [6.45, 7) is 0.898. The minimum atomic E-state index is -0.427. The van der Waals surface area contributed by atoms with Gasteiger partial charge in [0, 0.05) is 0 Å². The van der Waals surface area contributed by atoms with Crippen LogP contribution in [0.4, 0.5) is 4.39 Å². The van der Waals surface area contributed by atoms with Crippen molar-refractivity contribution in [2.45, 2.75) is 18.9 Å². The van der Waals surface area contributed by atoms with E-state index in [4.69, 9.17) is 11.6 Å². The van der Waals surface area contributed by atoms with Crippen LogP contribution in [0.25, 0.3) is 0 Å². The summed E-state index contributed by atoms with van der Waals surface area (Å²) in [4.78, 5) is 0. The molecule has 0 aliphatic heterocycles. The lowest BCUT2D eigenvalue weighted by atomic mass is 10.1. The largest absolute Gasteiger partial charge is 0.394 e. The fourth-order valence-electron chi connectivity index (χ4n) is 1.65. The van der Waals surface area contributed by atoms with Gasteiger partial charge in [0.15, 0.2) is 0 Å². The lowest BCUT2D eigenvalue weighted by molar-refractivity contribution is 0.243. The van der Waals surface area contributed by atoms with Crippen molar-refractivity contribution in [2.24, 2.45) is 5.92 Å². The van der Waals surface area contributed by atoms with Crippen molar-refractivity contribution < 1.29 is 9.50 Å². The lowest BCUT2D eigenvalue weighted by Gasteiger charge is -2.16. The second kappa shape index (κ2) is 5.13. The van der Waals surface area contributed by atoms with Gasteiger partial charge in [-0.2, -0.15) is 0 Å². The minimum Gasteiger partial charge on any atom is -0.394 e. The van der Waals surface area contributed by atoms with Crippen molar-refractivity contribution in [3.63, 3.8) is 0 Å². The van der Waals surface area contributed by atoms with Crippen LogP contribution in [0.15, 0.2) is 18.2 Å². The van der Waals surface area contributed by atoms with E-state index in [2.05, 4.69) is 5.32 Å². The van der Waals surface area contributed by atoms with Crippen molar-refractivity contribution in [3.05, 3.63) is 34.6 Å². The van der Waals surface area contributed by atoms with E-state index in [0.29, 0.717) is 0 Å². The molecule has 0 heterocycles. The predicted molar refractivity (Wildman–Crippen MR) is 62.0 cm³/mol. The molecule has 1 atom stereocenters.